The molecule has 0 atom stereocenters. The van der Waals surface area contributed by atoms with Crippen LogP contribution in [0, 0.1) is 6.92 Å². The Morgan fingerprint density at radius 3 is 2.92 bits per heavy atom. The first-order chi connectivity index (χ1) is 11.6. The lowest BCUT2D eigenvalue weighted by molar-refractivity contribution is 0.0526. The molecule has 1 aromatic carbocycles. The van der Waals surface area contributed by atoms with E-state index in [2.05, 4.69) is 10.1 Å². The Morgan fingerprint density at radius 2 is 2.17 bits per heavy atom. The van der Waals surface area contributed by atoms with E-state index in [-0.39, 0.29) is 0 Å². The Balaban J connectivity index is 1.82. The molecule has 2 heterocycles. The summed E-state index contributed by atoms with van der Waals surface area (Å²) in [4.78, 5) is 16.2. The predicted octanol–water partition coefficient (Wildman–Crippen LogP) is 3.72. The molecule has 3 rings (SSSR count). The van der Waals surface area contributed by atoms with Crippen molar-refractivity contribution in [3.8, 4) is 11.5 Å². The number of oxazole rings is 1. The normalized spacial score (nSPS) is 10.8. The number of hydrogen-bond donors (Lipinski definition) is 0. The molecule has 2 aromatic heterocycles. The number of aromatic nitrogens is 3. The van der Waals surface area contributed by atoms with E-state index in [1.165, 1.54) is 6.20 Å². The Kier molecular flexibility index (Phi) is 4.66. The molecule has 0 spiro atoms. The van der Waals surface area contributed by atoms with Crippen LogP contribution in [0.1, 0.15) is 28.7 Å². The van der Waals surface area contributed by atoms with E-state index < -0.39 is 5.97 Å². The minimum Gasteiger partial charge on any atom is -0.462 e. The van der Waals surface area contributed by atoms with E-state index in [0.717, 1.165) is 11.3 Å². The summed E-state index contributed by atoms with van der Waals surface area (Å²) in [5.74, 6) is 0.751. The van der Waals surface area contributed by atoms with Crippen LogP contribution >= 0.6 is 11.6 Å². The third-order valence-electron chi connectivity index (χ3n) is 3.45. The summed E-state index contributed by atoms with van der Waals surface area (Å²) in [5, 5.41) is 4.74. The Hall–Kier alpha value is -2.60. The predicted molar refractivity (Wildman–Crippen MR) is 89.0 cm³/mol. The van der Waals surface area contributed by atoms with Crippen LogP contribution < -0.4 is 0 Å². The van der Waals surface area contributed by atoms with Gasteiger partial charge in [0.15, 0.2) is 0 Å². The SMILES string of the molecule is CCOC(=O)c1cnn(Cc2nc(-c3ccccc3Cl)oc2C)c1. The quantitative estimate of drug-likeness (QED) is 0.659. The van der Waals surface area contributed by atoms with Crippen LogP contribution in [0.5, 0.6) is 0 Å². The highest BCUT2D eigenvalue weighted by molar-refractivity contribution is 6.33. The average molecular weight is 346 g/mol. The van der Waals surface area contributed by atoms with Crippen LogP contribution in [0.4, 0.5) is 0 Å². The molecule has 3 aromatic rings. The van der Waals surface area contributed by atoms with Crippen LogP contribution in [-0.4, -0.2) is 27.3 Å². The minimum absolute atomic E-state index is 0.327. The molecule has 0 aliphatic heterocycles. The van der Waals surface area contributed by atoms with Gasteiger partial charge in [0.05, 0.1) is 35.5 Å². The first-order valence-corrected chi connectivity index (χ1v) is 7.87. The number of carbonyl (C=O) groups is 1. The molecule has 0 bridgehead atoms. The highest BCUT2D eigenvalue weighted by Gasteiger charge is 2.15. The first kappa shape index (κ1) is 16.3. The zero-order chi connectivity index (χ0) is 17.1. The van der Waals surface area contributed by atoms with Crippen molar-refractivity contribution in [1.29, 1.82) is 0 Å². The van der Waals surface area contributed by atoms with E-state index in [4.69, 9.17) is 20.8 Å². The van der Waals surface area contributed by atoms with E-state index in [1.54, 1.807) is 23.9 Å². The number of halogens is 1. The van der Waals surface area contributed by atoms with Crippen molar-refractivity contribution in [1.82, 2.24) is 14.8 Å². The molecule has 0 fully saturated rings. The largest absolute Gasteiger partial charge is 0.462 e. The zero-order valence-corrected chi connectivity index (χ0v) is 14.1. The second kappa shape index (κ2) is 6.88. The van der Waals surface area contributed by atoms with Crippen LogP contribution in [0.15, 0.2) is 41.1 Å². The lowest BCUT2D eigenvalue weighted by atomic mass is 10.2. The molecule has 0 amide bonds. The maximum absolute atomic E-state index is 11.7. The number of ether oxygens (including phenoxy) is 1. The molecule has 0 N–H and O–H groups in total. The van der Waals surface area contributed by atoms with E-state index in [9.17, 15) is 4.79 Å². The summed E-state index contributed by atoms with van der Waals surface area (Å²) in [5.41, 5.74) is 1.87. The highest BCUT2D eigenvalue weighted by atomic mass is 35.5. The maximum Gasteiger partial charge on any atom is 0.341 e. The van der Waals surface area contributed by atoms with Gasteiger partial charge in [-0.15, -0.1) is 0 Å². The molecular weight excluding hydrogens is 330 g/mol. The van der Waals surface area contributed by atoms with Crippen LogP contribution in [0.3, 0.4) is 0 Å². The van der Waals surface area contributed by atoms with E-state index in [0.29, 0.717) is 35.4 Å². The monoisotopic (exact) mass is 345 g/mol. The molecule has 24 heavy (non-hydrogen) atoms. The van der Waals surface area contributed by atoms with Gasteiger partial charge in [0.2, 0.25) is 5.89 Å². The molecule has 0 saturated carbocycles. The summed E-state index contributed by atoms with van der Waals surface area (Å²) in [6, 6.07) is 7.36. The summed E-state index contributed by atoms with van der Waals surface area (Å²) >= 11 is 6.18. The minimum atomic E-state index is -0.391. The smallest absolute Gasteiger partial charge is 0.341 e. The van der Waals surface area contributed by atoms with Crippen molar-refractivity contribution in [2.24, 2.45) is 0 Å². The molecule has 124 valence electrons. The number of hydrogen-bond acceptors (Lipinski definition) is 5. The van der Waals surface area contributed by atoms with Gasteiger partial charge in [0.25, 0.3) is 0 Å². The van der Waals surface area contributed by atoms with Gasteiger partial charge in [-0.3, -0.25) is 4.68 Å². The number of esters is 1. The lowest BCUT2D eigenvalue weighted by Crippen LogP contribution is -2.04. The summed E-state index contributed by atoms with van der Waals surface area (Å²) in [7, 11) is 0. The van der Waals surface area contributed by atoms with Crippen molar-refractivity contribution >= 4 is 17.6 Å². The van der Waals surface area contributed by atoms with Crippen LogP contribution in [-0.2, 0) is 11.3 Å². The Bertz CT molecular complexity index is 870. The molecular formula is C17H16ClN3O3. The highest BCUT2D eigenvalue weighted by Crippen LogP contribution is 2.28. The topological polar surface area (TPSA) is 70.2 Å². The molecule has 0 aliphatic rings. The summed E-state index contributed by atoms with van der Waals surface area (Å²) in [6.07, 6.45) is 3.10. The van der Waals surface area contributed by atoms with Crippen molar-refractivity contribution in [2.45, 2.75) is 20.4 Å². The molecule has 7 heteroatoms. The lowest BCUT2D eigenvalue weighted by Gasteiger charge is -1.99. The fourth-order valence-electron chi connectivity index (χ4n) is 2.25. The molecule has 0 unspecified atom stereocenters. The van der Waals surface area contributed by atoms with Crippen LogP contribution in [0.2, 0.25) is 5.02 Å². The number of benzene rings is 1. The molecule has 6 nitrogen and oxygen atoms in total. The van der Waals surface area contributed by atoms with Crippen molar-refractivity contribution in [3.63, 3.8) is 0 Å². The average Bonchev–Trinajstić information content (AvgIpc) is 3.16. The van der Waals surface area contributed by atoms with E-state index >= 15 is 0 Å². The number of carbonyl (C=O) groups excluding carboxylic acids is 1. The van der Waals surface area contributed by atoms with Crippen molar-refractivity contribution < 1.29 is 13.9 Å². The molecule has 0 saturated heterocycles. The van der Waals surface area contributed by atoms with E-state index in [1.807, 2.05) is 25.1 Å². The maximum atomic E-state index is 11.7. The van der Waals surface area contributed by atoms with Gasteiger partial charge in [0, 0.05) is 6.20 Å². The molecule has 0 radical (unpaired) electrons. The van der Waals surface area contributed by atoms with Gasteiger partial charge in [-0.2, -0.15) is 5.10 Å². The fourth-order valence-corrected chi connectivity index (χ4v) is 2.46. The third kappa shape index (κ3) is 3.33. The second-order valence-electron chi connectivity index (χ2n) is 5.15. The number of nitrogens with zero attached hydrogens (tertiary/aromatic N) is 3. The third-order valence-corrected chi connectivity index (χ3v) is 3.78. The van der Waals surface area contributed by atoms with Crippen molar-refractivity contribution in [2.75, 3.05) is 6.61 Å². The van der Waals surface area contributed by atoms with Gasteiger partial charge >= 0.3 is 5.97 Å². The van der Waals surface area contributed by atoms with Gasteiger partial charge < -0.3 is 9.15 Å². The fraction of sp³-hybridized carbons (Fsp3) is 0.235. The van der Waals surface area contributed by atoms with Gasteiger partial charge in [-0.25, -0.2) is 9.78 Å². The first-order valence-electron chi connectivity index (χ1n) is 7.49. The van der Waals surface area contributed by atoms with Crippen molar-refractivity contribution in [3.05, 3.63) is 58.7 Å². The zero-order valence-electron chi connectivity index (χ0n) is 13.3. The second-order valence-corrected chi connectivity index (χ2v) is 5.56. The van der Waals surface area contributed by atoms with Gasteiger partial charge in [-0.05, 0) is 26.0 Å². The summed E-state index contributed by atoms with van der Waals surface area (Å²) in [6.45, 7) is 4.31. The summed E-state index contributed by atoms with van der Waals surface area (Å²) < 4.78 is 12.3. The standard InChI is InChI=1S/C17H16ClN3O3/c1-3-23-17(22)12-8-19-21(9-12)10-15-11(2)24-16(20-15)13-6-4-5-7-14(13)18/h4-9H,3,10H2,1-2H3. The van der Waals surface area contributed by atoms with Crippen LogP contribution in [0.25, 0.3) is 11.5 Å². The Labute approximate surface area is 144 Å². The van der Waals surface area contributed by atoms with Gasteiger partial charge in [0.1, 0.15) is 11.5 Å². The molecule has 0 aliphatic carbocycles. The Morgan fingerprint density at radius 1 is 1.38 bits per heavy atom. The number of aryl methyl sites for hydroxylation is 1. The number of rotatable bonds is 5. The van der Waals surface area contributed by atoms with Gasteiger partial charge in [-0.1, -0.05) is 23.7 Å².